The number of aromatic nitrogens is 4. The number of pyridine rings is 2. The highest BCUT2D eigenvalue weighted by Crippen LogP contribution is 2.55. The zero-order chi connectivity index (χ0) is 59.1. The second kappa shape index (κ2) is 24.0. The minimum Gasteiger partial charge on any atom is -0.462 e. The van der Waals surface area contributed by atoms with E-state index in [-0.39, 0.29) is 59.4 Å². The number of aldehydes is 1. The summed E-state index contributed by atoms with van der Waals surface area (Å²) in [6.45, 7) is 12.6. The van der Waals surface area contributed by atoms with Gasteiger partial charge in [0.1, 0.15) is 35.3 Å². The molecule has 23 heteroatoms. The van der Waals surface area contributed by atoms with Gasteiger partial charge in [-0.1, -0.05) is 26.5 Å². The van der Waals surface area contributed by atoms with Gasteiger partial charge in [-0.25, -0.2) is 13.8 Å². The Morgan fingerprint density at radius 2 is 1.75 bits per heavy atom. The van der Waals surface area contributed by atoms with Gasteiger partial charge in [-0.05, 0) is 99.6 Å². The van der Waals surface area contributed by atoms with Crippen molar-refractivity contribution < 1.29 is 46.9 Å². The number of nitrogens with zero attached hydrogens (tertiary/aromatic N) is 8. The fourth-order valence-electron chi connectivity index (χ4n) is 12.3. The lowest BCUT2D eigenvalue weighted by Crippen LogP contribution is -2.54. The molecule has 2 amide bonds. The molecule has 4 aromatic heterocycles. The molecule has 4 aliphatic heterocycles. The molecule has 5 N–H and O–H groups in total. The number of benzene rings is 3. The molecule has 2 saturated heterocycles. The van der Waals surface area contributed by atoms with E-state index in [1.807, 2.05) is 50.9 Å². The van der Waals surface area contributed by atoms with Crippen molar-refractivity contribution in [3.8, 4) is 28.5 Å². The van der Waals surface area contributed by atoms with E-state index in [1.165, 1.54) is 20.3 Å². The Balaban J connectivity index is 0.000000187. The standard InChI is InChI=1S/C33H37F2N7O3S.C25H24N4O6.C2H6/c1-17(15-44-5)32(43)41-11-12-42(18(2)14-41)31-21-13-23-24(20-8-9-22(34)29-25(20)28(40(23)4)30(36)46-29)26(35)27(21)37-33(38-31)45-16-19-7-6-10-39(19)3;1-34-11-17-15(21(10-30)35-22(32)8-27-12-31)7-20-24-16(9-29(20)25(17)33)13-3-2-4-14-18(26)5-6-19(28-24)23(13)14;1-2/h8-9,13,18-19H,1,6-7,10-12,14-16,36H2,2-5H3;5-7,10,12,21H,2-4,8-9,11,26H2,1H3,(H,27,31);1-2H3/t18-,19?;;/m0../s1. The number of likely N-dealkylation sites (N-methyl/N-ethyl adjacent to an activating group) is 1. The minimum atomic E-state index is -1.34. The second-order valence-corrected chi connectivity index (χ2v) is 22.1. The van der Waals surface area contributed by atoms with Gasteiger partial charge in [0.15, 0.2) is 18.2 Å². The largest absolute Gasteiger partial charge is 0.462 e. The highest BCUT2D eigenvalue weighted by molar-refractivity contribution is 7.23. The molecule has 5 aliphatic rings. The number of nitrogens with two attached hydrogens (primary N) is 2. The average molecular weight is 1160 g/mol. The van der Waals surface area contributed by atoms with E-state index >= 15 is 4.39 Å². The first kappa shape index (κ1) is 58.1. The molecule has 2 unspecified atom stereocenters. The number of aryl methyl sites for hydroxylation is 2. The number of piperazine rings is 1. The Kier molecular flexibility index (Phi) is 16.8. The van der Waals surface area contributed by atoms with Gasteiger partial charge in [-0.3, -0.25) is 24.0 Å². The number of anilines is 5. The number of ether oxygens (including phenoxy) is 4. The van der Waals surface area contributed by atoms with E-state index < -0.39 is 30.3 Å². The Morgan fingerprint density at radius 1 is 0.964 bits per heavy atom. The van der Waals surface area contributed by atoms with Gasteiger partial charge in [0, 0.05) is 97.1 Å². The summed E-state index contributed by atoms with van der Waals surface area (Å²) in [7, 11) is 6.85. The van der Waals surface area contributed by atoms with E-state index in [4.69, 9.17) is 40.4 Å². The van der Waals surface area contributed by atoms with Gasteiger partial charge >= 0.3 is 12.0 Å². The third-order valence-electron chi connectivity index (χ3n) is 16.2. The molecule has 0 radical (unpaired) electrons. The third-order valence-corrected chi connectivity index (χ3v) is 17.2. The maximum Gasteiger partial charge on any atom is 0.326 e. The molecule has 12 rings (SSSR count). The first-order chi connectivity index (χ1) is 40.1. The molecule has 83 heavy (non-hydrogen) atoms. The number of rotatable bonds is 15. The minimum absolute atomic E-state index is 0.0672. The number of esters is 1. The zero-order valence-electron chi connectivity index (χ0n) is 47.5. The molecule has 3 aromatic carbocycles. The molecule has 0 bridgehead atoms. The van der Waals surface area contributed by atoms with Crippen LogP contribution in [0.15, 0.2) is 53.3 Å². The predicted molar refractivity (Wildman–Crippen MR) is 316 cm³/mol. The summed E-state index contributed by atoms with van der Waals surface area (Å²) in [5.74, 6) is -1.36. The molecule has 436 valence electrons. The number of likely N-dealkylation sites (tertiary alicyclic amines) is 1. The SMILES string of the molecule is C=C(COC)C(=O)N1CCN(c2nc(OCC3CCCN3C)nc3c(F)c4c(cc23)N(C)c2c(N)sc3c(F)ccc-4c23)[C@@H](C)C1.CC.COCc1c(C(C=O)OC(=O)CNC=O)cc2n(c1=O)Cc1c-2nc2ccc(N)c3c2c1CCC3. The second-order valence-electron chi connectivity index (χ2n) is 21.0. The van der Waals surface area contributed by atoms with Crippen molar-refractivity contribution in [1.29, 1.82) is 0 Å². The van der Waals surface area contributed by atoms with Crippen LogP contribution in [0, 0.1) is 11.6 Å². The summed E-state index contributed by atoms with van der Waals surface area (Å²) in [5, 5.41) is 4.82. The van der Waals surface area contributed by atoms with Crippen molar-refractivity contribution in [2.75, 3.05) is 95.5 Å². The number of nitrogen functional groups attached to an aromatic ring is 2. The summed E-state index contributed by atoms with van der Waals surface area (Å²) in [6, 6.07) is 10.4. The number of amides is 2. The number of carbonyl (C=O) groups excluding carboxylic acids is 4. The van der Waals surface area contributed by atoms with Crippen LogP contribution in [0.4, 0.5) is 36.7 Å². The summed E-state index contributed by atoms with van der Waals surface area (Å²) in [4.78, 5) is 83.4. The van der Waals surface area contributed by atoms with Crippen LogP contribution in [0.1, 0.15) is 74.0 Å². The number of hydrogen-bond donors (Lipinski definition) is 3. The summed E-state index contributed by atoms with van der Waals surface area (Å²) in [5.41, 5.74) is 21.4. The van der Waals surface area contributed by atoms with E-state index in [2.05, 4.69) is 33.7 Å². The predicted octanol–water partition coefficient (Wildman–Crippen LogP) is 7.36. The fourth-order valence-corrected chi connectivity index (χ4v) is 13.3. The van der Waals surface area contributed by atoms with Crippen molar-refractivity contribution in [1.82, 2.24) is 34.6 Å². The zero-order valence-corrected chi connectivity index (χ0v) is 48.3. The van der Waals surface area contributed by atoms with Crippen LogP contribution in [0.2, 0.25) is 0 Å². The van der Waals surface area contributed by atoms with E-state index in [0.29, 0.717) is 111 Å². The molecule has 3 atom stereocenters. The molecule has 7 aromatic rings. The summed E-state index contributed by atoms with van der Waals surface area (Å²) >= 11 is 1.16. The van der Waals surface area contributed by atoms with Crippen LogP contribution in [-0.4, -0.2) is 140 Å². The van der Waals surface area contributed by atoms with Gasteiger partial charge in [-0.2, -0.15) is 9.97 Å². The first-order valence-electron chi connectivity index (χ1n) is 27.7. The molecule has 0 saturated carbocycles. The maximum absolute atomic E-state index is 17.0. The van der Waals surface area contributed by atoms with Crippen molar-refractivity contribution in [3.63, 3.8) is 0 Å². The van der Waals surface area contributed by atoms with Gasteiger partial charge in [0.25, 0.3) is 11.5 Å². The number of thiophene rings is 1. The number of fused-ring (bicyclic) bond motifs is 7. The fraction of sp³-hybridized carbons (Fsp3) is 0.400. The lowest BCUT2D eigenvalue weighted by Gasteiger charge is -2.41. The smallest absolute Gasteiger partial charge is 0.326 e. The van der Waals surface area contributed by atoms with Crippen LogP contribution < -0.4 is 36.9 Å². The van der Waals surface area contributed by atoms with Crippen LogP contribution in [-0.2, 0) is 59.4 Å². The van der Waals surface area contributed by atoms with Gasteiger partial charge in [-0.15, -0.1) is 11.3 Å². The van der Waals surface area contributed by atoms with E-state index in [1.54, 1.807) is 21.6 Å². The van der Waals surface area contributed by atoms with Crippen molar-refractivity contribution in [2.24, 2.45) is 0 Å². The topological polar surface area (TPSA) is 243 Å². The van der Waals surface area contributed by atoms with Gasteiger partial charge in [0.2, 0.25) is 6.41 Å². The number of carbonyl (C=O) groups is 4. The highest BCUT2D eigenvalue weighted by atomic mass is 32.1. The van der Waals surface area contributed by atoms with Crippen LogP contribution in [0.25, 0.3) is 54.4 Å². The number of hydrogen-bond acceptors (Lipinski definition) is 18. The molecule has 8 heterocycles. The van der Waals surface area contributed by atoms with Crippen molar-refractivity contribution in [3.05, 3.63) is 98.4 Å². The molecular formula is C60H67F2N11O9S. The quantitative estimate of drug-likeness (QED) is 0.0393. The van der Waals surface area contributed by atoms with E-state index in [0.717, 1.165) is 83.3 Å². The number of methoxy groups -OCH3 is 2. The van der Waals surface area contributed by atoms with Gasteiger partial charge in [0.05, 0.1) is 58.3 Å². The van der Waals surface area contributed by atoms with Crippen LogP contribution >= 0.6 is 11.3 Å². The molecule has 1 aliphatic carbocycles. The first-order valence-corrected chi connectivity index (χ1v) is 28.5. The molecule has 20 nitrogen and oxygen atoms in total. The average Bonchev–Trinajstić information content (AvgIpc) is 1.87. The Morgan fingerprint density at radius 3 is 2.46 bits per heavy atom. The Bertz CT molecular complexity index is 3830. The monoisotopic (exact) mass is 1160 g/mol. The normalized spacial score (nSPS) is 17.0. The van der Waals surface area contributed by atoms with Crippen molar-refractivity contribution in [2.45, 2.75) is 84.2 Å². The lowest BCUT2D eigenvalue weighted by atomic mass is 9.86. The Labute approximate surface area is 481 Å². The Hall–Kier alpha value is -8.12. The molecule has 2 fully saturated rings. The molecular weight excluding hydrogens is 1090 g/mol. The number of halogens is 2. The highest BCUT2D eigenvalue weighted by Gasteiger charge is 2.37. The number of nitrogens with one attached hydrogen (secondary N) is 1. The third kappa shape index (κ3) is 10.4. The van der Waals surface area contributed by atoms with E-state index in [9.17, 15) is 28.4 Å². The van der Waals surface area contributed by atoms with Gasteiger partial charge < -0.3 is 59.9 Å². The maximum atomic E-state index is 17.0. The molecule has 0 spiro atoms. The summed E-state index contributed by atoms with van der Waals surface area (Å²) in [6.07, 6.45) is 4.25. The van der Waals surface area contributed by atoms with Crippen molar-refractivity contribution >= 4 is 95.7 Å². The van der Waals surface area contributed by atoms with Crippen LogP contribution in [0.5, 0.6) is 6.01 Å². The summed E-state index contributed by atoms with van der Waals surface area (Å²) < 4.78 is 55.7. The van der Waals surface area contributed by atoms with Crippen LogP contribution in [0.3, 0.4) is 0 Å². The lowest BCUT2D eigenvalue weighted by molar-refractivity contribution is -0.151.